The molecule has 0 aliphatic carbocycles. The lowest BCUT2D eigenvalue weighted by atomic mass is 10.1. The summed E-state index contributed by atoms with van der Waals surface area (Å²) in [5, 5.41) is 4.10. The molecule has 0 amide bonds. The van der Waals surface area contributed by atoms with Gasteiger partial charge in [-0.3, -0.25) is 4.68 Å². The van der Waals surface area contributed by atoms with Crippen LogP contribution in [0.1, 0.15) is 18.9 Å². The Balaban J connectivity index is 2.20. The zero-order valence-electron chi connectivity index (χ0n) is 8.94. The molecule has 0 aromatic carbocycles. The maximum absolute atomic E-state index is 5.86. The van der Waals surface area contributed by atoms with Crippen molar-refractivity contribution in [3.05, 3.63) is 18.0 Å². The molecule has 1 unspecified atom stereocenters. The van der Waals surface area contributed by atoms with Crippen molar-refractivity contribution in [3.63, 3.8) is 0 Å². The van der Waals surface area contributed by atoms with Gasteiger partial charge < -0.3 is 10.5 Å². The predicted molar refractivity (Wildman–Crippen MR) is 56.0 cm³/mol. The van der Waals surface area contributed by atoms with Crippen LogP contribution >= 0.6 is 0 Å². The Labute approximate surface area is 85.0 Å². The second-order valence-electron chi connectivity index (χ2n) is 3.48. The van der Waals surface area contributed by atoms with E-state index in [0.29, 0.717) is 6.61 Å². The van der Waals surface area contributed by atoms with E-state index in [9.17, 15) is 0 Å². The van der Waals surface area contributed by atoms with E-state index in [2.05, 4.69) is 5.10 Å². The highest BCUT2D eigenvalue weighted by molar-refractivity contribution is 5.03. The van der Waals surface area contributed by atoms with Crippen molar-refractivity contribution in [2.45, 2.75) is 25.8 Å². The molecule has 0 aliphatic rings. The van der Waals surface area contributed by atoms with Gasteiger partial charge in [0.1, 0.15) is 0 Å². The zero-order chi connectivity index (χ0) is 10.4. The van der Waals surface area contributed by atoms with E-state index in [4.69, 9.17) is 10.5 Å². The Morgan fingerprint density at radius 3 is 3.00 bits per heavy atom. The molecule has 0 saturated heterocycles. The summed E-state index contributed by atoms with van der Waals surface area (Å²) in [5.74, 6) is 0. The van der Waals surface area contributed by atoms with Gasteiger partial charge in [-0.05, 0) is 25.3 Å². The van der Waals surface area contributed by atoms with Gasteiger partial charge in [0.2, 0.25) is 0 Å². The molecule has 14 heavy (non-hydrogen) atoms. The van der Waals surface area contributed by atoms with Crippen LogP contribution in [0.3, 0.4) is 0 Å². The summed E-state index contributed by atoms with van der Waals surface area (Å²) in [6, 6.07) is 0.134. The van der Waals surface area contributed by atoms with Crippen molar-refractivity contribution >= 4 is 0 Å². The first-order valence-corrected chi connectivity index (χ1v) is 5.03. The first-order valence-electron chi connectivity index (χ1n) is 5.03. The average Bonchev–Trinajstić information content (AvgIpc) is 2.58. The molecule has 1 rings (SSSR count). The van der Waals surface area contributed by atoms with Crippen LogP contribution in [0.4, 0.5) is 0 Å². The van der Waals surface area contributed by atoms with Gasteiger partial charge in [0, 0.05) is 25.9 Å². The fourth-order valence-electron chi connectivity index (χ4n) is 1.31. The summed E-state index contributed by atoms with van der Waals surface area (Å²) in [7, 11) is 1.92. The number of rotatable bonds is 6. The summed E-state index contributed by atoms with van der Waals surface area (Å²) in [6.45, 7) is 3.37. The number of hydrogen-bond donors (Lipinski definition) is 1. The molecule has 0 spiro atoms. The fourth-order valence-corrected chi connectivity index (χ4v) is 1.31. The molecule has 0 saturated carbocycles. The summed E-state index contributed by atoms with van der Waals surface area (Å²) in [5.41, 5.74) is 7.10. The van der Waals surface area contributed by atoms with Crippen LogP contribution in [0.25, 0.3) is 0 Å². The Kier molecular flexibility index (Phi) is 4.62. The highest BCUT2D eigenvalue weighted by atomic mass is 16.5. The van der Waals surface area contributed by atoms with E-state index in [0.717, 1.165) is 19.4 Å². The molecule has 0 radical (unpaired) electrons. The van der Waals surface area contributed by atoms with Gasteiger partial charge in [0.05, 0.1) is 12.8 Å². The average molecular weight is 197 g/mol. The van der Waals surface area contributed by atoms with Crippen LogP contribution in [-0.4, -0.2) is 29.0 Å². The van der Waals surface area contributed by atoms with Crippen molar-refractivity contribution in [2.24, 2.45) is 12.8 Å². The molecule has 1 heterocycles. The van der Waals surface area contributed by atoms with Crippen LogP contribution < -0.4 is 5.73 Å². The normalized spacial score (nSPS) is 13.1. The van der Waals surface area contributed by atoms with Gasteiger partial charge in [-0.15, -0.1) is 0 Å². The Hall–Kier alpha value is -0.870. The first kappa shape index (κ1) is 11.2. The van der Waals surface area contributed by atoms with E-state index in [1.165, 1.54) is 5.56 Å². The maximum atomic E-state index is 5.86. The van der Waals surface area contributed by atoms with Gasteiger partial charge in [-0.2, -0.15) is 5.10 Å². The van der Waals surface area contributed by atoms with Crippen molar-refractivity contribution in [3.8, 4) is 0 Å². The maximum Gasteiger partial charge on any atom is 0.0617 e. The molecule has 1 aromatic rings. The van der Waals surface area contributed by atoms with Crippen molar-refractivity contribution in [2.75, 3.05) is 13.2 Å². The number of hydrogen-bond acceptors (Lipinski definition) is 3. The molecule has 4 nitrogen and oxygen atoms in total. The zero-order valence-corrected chi connectivity index (χ0v) is 8.94. The first-order chi connectivity index (χ1) is 6.72. The SMILES string of the molecule is CCOCC(N)CCc1cnn(C)c1. The summed E-state index contributed by atoms with van der Waals surface area (Å²) >= 11 is 0. The lowest BCUT2D eigenvalue weighted by Gasteiger charge is -2.09. The third kappa shape index (κ3) is 3.89. The van der Waals surface area contributed by atoms with Crippen LogP contribution in [0.5, 0.6) is 0 Å². The van der Waals surface area contributed by atoms with Crippen LogP contribution in [-0.2, 0) is 18.2 Å². The second kappa shape index (κ2) is 5.78. The smallest absolute Gasteiger partial charge is 0.0617 e. The molecular formula is C10H19N3O. The molecule has 0 aliphatic heterocycles. The molecular weight excluding hydrogens is 178 g/mol. The molecule has 80 valence electrons. The van der Waals surface area contributed by atoms with Gasteiger partial charge in [-0.25, -0.2) is 0 Å². The van der Waals surface area contributed by atoms with Crippen LogP contribution in [0, 0.1) is 0 Å². The lowest BCUT2D eigenvalue weighted by Crippen LogP contribution is -2.26. The summed E-state index contributed by atoms with van der Waals surface area (Å²) in [4.78, 5) is 0. The number of nitrogens with zero attached hydrogens (tertiary/aromatic N) is 2. The number of aromatic nitrogens is 2. The minimum atomic E-state index is 0.134. The summed E-state index contributed by atoms with van der Waals surface area (Å²) in [6.07, 6.45) is 5.83. The lowest BCUT2D eigenvalue weighted by molar-refractivity contribution is 0.131. The molecule has 1 aromatic heterocycles. The Morgan fingerprint density at radius 1 is 1.64 bits per heavy atom. The highest BCUT2D eigenvalue weighted by Crippen LogP contribution is 2.02. The largest absolute Gasteiger partial charge is 0.380 e. The number of aryl methyl sites for hydroxylation is 2. The van der Waals surface area contributed by atoms with E-state index < -0.39 is 0 Å². The third-order valence-electron chi connectivity index (χ3n) is 2.10. The van der Waals surface area contributed by atoms with Crippen LogP contribution in [0.2, 0.25) is 0 Å². The fraction of sp³-hybridized carbons (Fsp3) is 0.700. The monoisotopic (exact) mass is 197 g/mol. The van der Waals surface area contributed by atoms with Gasteiger partial charge in [0.25, 0.3) is 0 Å². The van der Waals surface area contributed by atoms with Gasteiger partial charge in [-0.1, -0.05) is 0 Å². The predicted octanol–water partition coefficient (Wildman–Crippen LogP) is 0.716. The van der Waals surface area contributed by atoms with E-state index >= 15 is 0 Å². The molecule has 0 fully saturated rings. The standard InChI is InChI=1S/C10H19N3O/c1-3-14-8-10(11)5-4-9-6-12-13(2)7-9/h6-7,10H,3-5,8,11H2,1-2H3. The van der Waals surface area contributed by atoms with Crippen molar-refractivity contribution < 1.29 is 4.74 Å². The van der Waals surface area contributed by atoms with Gasteiger partial charge >= 0.3 is 0 Å². The Bertz CT molecular complexity index is 260. The number of nitrogens with two attached hydrogens (primary N) is 1. The molecule has 4 heteroatoms. The topological polar surface area (TPSA) is 53.1 Å². The molecule has 1 atom stereocenters. The van der Waals surface area contributed by atoms with Crippen LogP contribution in [0.15, 0.2) is 12.4 Å². The van der Waals surface area contributed by atoms with Gasteiger partial charge in [0.15, 0.2) is 0 Å². The number of ether oxygens (including phenoxy) is 1. The highest BCUT2D eigenvalue weighted by Gasteiger charge is 2.03. The summed E-state index contributed by atoms with van der Waals surface area (Å²) < 4.78 is 7.05. The van der Waals surface area contributed by atoms with E-state index in [-0.39, 0.29) is 6.04 Å². The molecule has 2 N–H and O–H groups in total. The minimum Gasteiger partial charge on any atom is -0.380 e. The van der Waals surface area contributed by atoms with Crippen molar-refractivity contribution in [1.82, 2.24) is 9.78 Å². The van der Waals surface area contributed by atoms with E-state index in [1.807, 2.05) is 31.0 Å². The quantitative estimate of drug-likeness (QED) is 0.731. The van der Waals surface area contributed by atoms with Crippen molar-refractivity contribution in [1.29, 1.82) is 0 Å². The third-order valence-corrected chi connectivity index (χ3v) is 2.10. The van der Waals surface area contributed by atoms with E-state index in [1.54, 1.807) is 0 Å². The minimum absolute atomic E-state index is 0.134. The second-order valence-corrected chi connectivity index (χ2v) is 3.48. The Morgan fingerprint density at radius 2 is 2.43 bits per heavy atom. The molecule has 0 bridgehead atoms.